The minimum atomic E-state index is -0.327. The summed E-state index contributed by atoms with van der Waals surface area (Å²) in [7, 11) is 0. The Morgan fingerprint density at radius 1 is 1.44 bits per heavy atom. The van der Waals surface area contributed by atoms with E-state index in [1.807, 2.05) is 17.1 Å². The average molecular weight is 250 g/mol. The van der Waals surface area contributed by atoms with Crippen molar-refractivity contribution in [3.63, 3.8) is 0 Å². The molecule has 0 amide bonds. The number of nitrogens with zero attached hydrogens (tertiary/aromatic N) is 2. The Labute approximate surface area is 110 Å². The first-order valence-corrected chi connectivity index (χ1v) is 7.22. The van der Waals surface area contributed by atoms with Crippen LogP contribution in [-0.4, -0.2) is 14.9 Å². The molecule has 1 aromatic rings. The van der Waals surface area contributed by atoms with Gasteiger partial charge in [0.15, 0.2) is 0 Å². The Morgan fingerprint density at radius 2 is 2.11 bits per heavy atom. The number of aryl methyl sites for hydroxylation is 1. The van der Waals surface area contributed by atoms with Crippen molar-refractivity contribution in [1.29, 1.82) is 0 Å². The van der Waals surface area contributed by atoms with Crippen LogP contribution in [0.2, 0.25) is 0 Å². The Kier molecular flexibility index (Phi) is 4.10. The van der Waals surface area contributed by atoms with Gasteiger partial charge in [-0.05, 0) is 43.4 Å². The van der Waals surface area contributed by atoms with Crippen molar-refractivity contribution in [3.8, 4) is 0 Å². The summed E-state index contributed by atoms with van der Waals surface area (Å²) < 4.78 is 1.94. The molecule has 18 heavy (non-hydrogen) atoms. The highest BCUT2D eigenvalue weighted by atomic mass is 16.3. The minimum absolute atomic E-state index is 0.327. The van der Waals surface area contributed by atoms with Crippen molar-refractivity contribution in [2.45, 2.75) is 65.5 Å². The number of hydrogen-bond donors (Lipinski definition) is 1. The van der Waals surface area contributed by atoms with Crippen molar-refractivity contribution in [3.05, 3.63) is 18.0 Å². The van der Waals surface area contributed by atoms with Crippen molar-refractivity contribution in [2.75, 3.05) is 0 Å². The summed E-state index contributed by atoms with van der Waals surface area (Å²) in [4.78, 5) is 0. The molecule has 1 heterocycles. The molecule has 0 spiro atoms. The van der Waals surface area contributed by atoms with Crippen LogP contribution < -0.4 is 0 Å². The Balaban J connectivity index is 1.96. The summed E-state index contributed by atoms with van der Waals surface area (Å²) in [5.41, 5.74) is 1.45. The molecule has 1 aliphatic rings. The molecule has 1 aromatic heterocycles. The van der Waals surface area contributed by atoms with Gasteiger partial charge in [-0.15, -0.1) is 0 Å². The van der Waals surface area contributed by atoms with Gasteiger partial charge in [0.25, 0.3) is 0 Å². The molecule has 0 saturated heterocycles. The zero-order valence-corrected chi connectivity index (χ0v) is 11.9. The van der Waals surface area contributed by atoms with Gasteiger partial charge < -0.3 is 5.11 Å². The third kappa shape index (κ3) is 3.14. The number of hydrogen-bond acceptors (Lipinski definition) is 2. The molecule has 1 unspecified atom stereocenters. The maximum atomic E-state index is 10.4. The third-order valence-corrected chi connectivity index (χ3v) is 4.28. The molecular weight excluding hydrogens is 224 g/mol. The highest BCUT2D eigenvalue weighted by Gasteiger charge is 2.31. The van der Waals surface area contributed by atoms with Gasteiger partial charge in [-0.2, -0.15) is 5.10 Å². The van der Waals surface area contributed by atoms with E-state index in [4.69, 9.17) is 0 Å². The quantitative estimate of drug-likeness (QED) is 0.887. The van der Waals surface area contributed by atoms with Crippen molar-refractivity contribution >= 4 is 0 Å². The fraction of sp³-hybridized carbons (Fsp3) is 0.800. The molecule has 102 valence electrons. The van der Waals surface area contributed by atoms with Gasteiger partial charge in [-0.3, -0.25) is 4.68 Å². The van der Waals surface area contributed by atoms with Crippen molar-refractivity contribution in [2.24, 2.45) is 11.3 Å². The maximum absolute atomic E-state index is 10.4. The zero-order chi connectivity index (χ0) is 13.2. The van der Waals surface area contributed by atoms with E-state index in [0.29, 0.717) is 11.3 Å². The van der Waals surface area contributed by atoms with Crippen LogP contribution in [0.1, 0.15) is 64.5 Å². The zero-order valence-electron chi connectivity index (χ0n) is 11.9. The topological polar surface area (TPSA) is 38.0 Å². The molecule has 1 atom stereocenters. The van der Waals surface area contributed by atoms with Gasteiger partial charge in [0, 0.05) is 18.3 Å². The number of aliphatic hydroxyl groups excluding tert-OH is 1. The van der Waals surface area contributed by atoms with Crippen LogP contribution in [-0.2, 0) is 6.54 Å². The Bertz CT molecular complexity index is 374. The molecule has 3 nitrogen and oxygen atoms in total. The molecule has 1 N–H and O–H groups in total. The van der Waals surface area contributed by atoms with E-state index in [1.165, 1.54) is 12.8 Å². The second-order valence-electron chi connectivity index (χ2n) is 6.48. The smallest absolute Gasteiger partial charge is 0.0848 e. The van der Waals surface area contributed by atoms with Gasteiger partial charge >= 0.3 is 0 Å². The van der Waals surface area contributed by atoms with E-state index >= 15 is 0 Å². The predicted molar refractivity (Wildman–Crippen MR) is 73.2 cm³/mol. The van der Waals surface area contributed by atoms with Crippen LogP contribution in [0.25, 0.3) is 0 Å². The highest BCUT2D eigenvalue weighted by Crippen LogP contribution is 2.42. The SMILES string of the molecule is CCCn1cc(C(O)C2CCC(C)(C)CC2)cn1. The summed E-state index contributed by atoms with van der Waals surface area (Å²) in [6.07, 6.45) is 9.30. The van der Waals surface area contributed by atoms with E-state index in [1.54, 1.807) is 0 Å². The van der Waals surface area contributed by atoms with Crippen LogP contribution in [0.5, 0.6) is 0 Å². The molecule has 0 radical (unpaired) electrons. The molecule has 0 aromatic carbocycles. The van der Waals surface area contributed by atoms with Crippen molar-refractivity contribution in [1.82, 2.24) is 9.78 Å². The van der Waals surface area contributed by atoms with Crippen LogP contribution >= 0.6 is 0 Å². The van der Waals surface area contributed by atoms with E-state index in [9.17, 15) is 5.11 Å². The lowest BCUT2D eigenvalue weighted by Gasteiger charge is -2.36. The molecule has 0 aliphatic heterocycles. The maximum Gasteiger partial charge on any atom is 0.0848 e. The standard InChI is InChI=1S/C15H26N2O/c1-4-9-17-11-13(10-16-17)14(18)12-5-7-15(2,3)8-6-12/h10-12,14,18H,4-9H2,1-3H3. The molecular formula is C15H26N2O. The summed E-state index contributed by atoms with van der Waals surface area (Å²) in [5.74, 6) is 0.414. The van der Waals surface area contributed by atoms with E-state index in [0.717, 1.165) is 31.4 Å². The first-order chi connectivity index (χ1) is 8.52. The highest BCUT2D eigenvalue weighted by molar-refractivity contribution is 5.09. The first-order valence-electron chi connectivity index (χ1n) is 7.22. The Morgan fingerprint density at radius 3 is 2.72 bits per heavy atom. The van der Waals surface area contributed by atoms with E-state index in [-0.39, 0.29) is 6.10 Å². The van der Waals surface area contributed by atoms with Crippen LogP contribution in [0.15, 0.2) is 12.4 Å². The summed E-state index contributed by atoms with van der Waals surface area (Å²) >= 11 is 0. The Hall–Kier alpha value is -0.830. The van der Waals surface area contributed by atoms with E-state index < -0.39 is 0 Å². The van der Waals surface area contributed by atoms with Gasteiger partial charge in [-0.25, -0.2) is 0 Å². The van der Waals surface area contributed by atoms with Gasteiger partial charge in [0.05, 0.1) is 12.3 Å². The number of aromatic nitrogens is 2. The first kappa shape index (κ1) is 13.6. The monoisotopic (exact) mass is 250 g/mol. The summed E-state index contributed by atoms with van der Waals surface area (Å²) in [6.45, 7) is 7.73. The molecule has 3 heteroatoms. The van der Waals surface area contributed by atoms with Crippen LogP contribution in [0.3, 0.4) is 0 Å². The van der Waals surface area contributed by atoms with Gasteiger partial charge in [0.1, 0.15) is 0 Å². The number of aliphatic hydroxyl groups is 1. The van der Waals surface area contributed by atoms with Gasteiger partial charge in [0.2, 0.25) is 0 Å². The largest absolute Gasteiger partial charge is 0.388 e. The predicted octanol–water partition coefficient (Wildman–Crippen LogP) is 3.54. The molecule has 2 rings (SSSR count). The van der Waals surface area contributed by atoms with Crippen molar-refractivity contribution < 1.29 is 5.11 Å². The molecule has 1 fully saturated rings. The lowest BCUT2D eigenvalue weighted by Crippen LogP contribution is -2.25. The number of rotatable bonds is 4. The van der Waals surface area contributed by atoms with Crippen LogP contribution in [0.4, 0.5) is 0 Å². The second-order valence-corrected chi connectivity index (χ2v) is 6.48. The van der Waals surface area contributed by atoms with Gasteiger partial charge in [-0.1, -0.05) is 20.8 Å². The normalized spacial score (nSPS) is 22.0. The fourth-order valence-electron chi connectivity index (χ4n) is 2.89. The van der Waals surface area contributed by atoms with E-state index in [2.05, 4.69) is 25.9 Å². The average Bonchev–Trinajstić information content (AvgIpc) is 2.77. The second kappa shape index (κ2) is 5.43. The molecule has 0 bridgehead atoms. The molecule has 1 aliphatic carbocycles. The lowest BCUT2D eigenvalue weighted by atomic mass is 9.71. The minimum Gasteiger partial charge on any atom is -0.388 e. The summed E-state index contributed by atoms with van der Waals surface area (Å²) in [5, 5.41) is 14.8. The fourth-order valence-corrected chi connectivity index (χ4v) is 2.89. The summed E-state index contributed by atoms with van der Waals surface area (Å²) in [6, 6.07) is 0. The van der Waals surface area contributed by atoms with Crippen LogP contribution in [0, 0.1) is 11.3 Å². The third-order valence-electron chi connectivity index (χ3n) is 4.28. The lowest BCUT2D eigenvalue weighted by molar-refractivity contribution is 0.0566. The molecule has 1 saturated carbocycles.